The molecule has 2 aliphatic heterocycles. The molecule has 2 saturated heterocycles. The van der Waals surface area contributed by atoms with E-state index < -0.39 is 6.10 Å². The van der Waals surface area contributed by atoms with Gasteiger partial charge in [-0.25, -0.2) is 19.3 Å². The van der Waals surface area contributed by atoms with Gasteiger partial charge in [0.1, 0.15) is 22.5 Å². The number of aliphatic hydroxyl groups excluding tert-OH is 2. The van der Waals surface area contributed by atoms with E-state index in [0.29, 0.717) is 65.5 Å². The summed E-state index contributed by atoms with van der Waals surface area (Å²) in [5.41, 5.74) is 3.13. The molecule has 5 heterocycles. The largest absolute Gasteiger partial charge is 0.396 e. The van der Waals surface area contributed by atoms with Crippen LogP contribution < -0.4 is 4.90 Å². The average Bonchev–Trinajstić information content (AvgIpc) is 3.51. The van der Waals surface area contributed by atoms with Gasteiger partial charge in [0, 0.05) is 37.8 Å². The summed E-state index contributed by atoms with van der Waals surface area (Å²) >= 11 is 0. The number of benzene rings is 1. The number of halogens is 1. The predicted octanol–water partition coefficient (Wildman–Crippen LogP) is 2.04. The van der Waals surface area contributed by atoms with Gasteiger partial charge in [-0.3, -0.25) is 0 Å². The molecule has 1 unspecified atom stereocenters. The number of aromatic nitrogens is 6. The third kappa shape index (κ3) is 3.60. The number of aromatic amines is 1. The van der Waals surface area contributed by atoms with E-state index in [9.17, 15) is 10.2 Å². The molecule has 11 heteroatoms. The monoisotopic (exact) mass is 467 g/mol. The third-order valence-electron chi connectivity index (χ3n) is 6.93. The normalized spacial score (nSPS) is 23.7. The third-order valence-corrected chi connectivity index (χ3v) is 6.93. The molecule has 3 atom stereocenters. The van der Waals surface area contributed by atoms with Gasteiger partial charge in [0.15, 0.2) is 5.65 Å². The van der Waals surface area contributed by atoms with Crippen LogP contribution in [0.2, 0.25) is 0 Å². The van der Waals surface area contributed by atoms with Gasteiger partial charge in [0.2, 0.25) is 5.95 Å². The molecule has 0 spiro atoms. The Bertz CT molecular complexity index is 1330. The van der Waals surface area contributed by atoms with Crippen LogP contribution in [0.1, 0.15) is 25.3 Å². The van der Waals surface area contributed by atoms with Crippen LogP contribution in [0.15, 0.2) is 24.8 Å². The highest BCUT2D eigenvalue weighted by Crippen LogP contribution is 2.33. The van der Waals surface area contributed by atoms with Crippen LogP contribution in [0.3, 0.4) is 0 Å². The summed E-state index contributed by atoms with van der Waals surface area (Å²) in [6, 6.07) is 3.36. The summed E-state index contributed by atoms with van der Waals surface area (Å²) in [6.07, 6.45) is 5.03. The Morgan fingerprint density at radius 3 is 2.91 bits per heavy atom. The van der Waals surface area contributed by atoms with E-state index in [-0.39, 0.29) is 24.4 Å². The molecule has 0 bridgehead atoms. The van der Waals surface area contributed by atoms with Crippen LogP contribution in [-0.4, -0.2) is 78.7 Å². The molecule has 4 aromatic rings. The van der Waals surface area contributed by atoms with Gasteiger partial charge in [0.25, 0.3) is 0 Å². The molecule has 34 heavy (non-hydrogen) atoms. The first-order valence-corrected chi connectivity index (χ1v) is 11.6. The lowest BCUT2D eigenvalue weighted by Crippen LogP contribution is -2.45. The van der Waals surface area contributed by atoms with Crippen molar-refractivity contribution in [3.63, 3.8) is 0 Å². The second-order valence-corrected chi connectivity index (χ2v) is 9.07. The number of aliphatic hydroxyl groups is 2. The number of nitrogens with one attached hydrogen (secondary N) is 1. The van der Waals surface area contributed by atoms with Crippen molar-refractivity contribution < 1.29 is 19.3 Å². The highest BCUT2D eigenvalue weighted by atomic mass is 19.1. The van der Waals surface area contributed by atoms with Crippen molar-refractivity contribution in [3.8, 4) is 11.3 Å². The zero-order valence-electron chi connectivity index (χ0n) is 18.6. The molecule has 3 aromatic heterocycles. The van der Waals surface area contributed by atoms with E-state index >= 15 is 4.39 Å². The van der Waals surface area contributed by atoms with E-state index in [1.165, 1.54) is 12.4 Å². The zero-order valence-corrected chi connectivity index (χ0v) is 18.6. The summed E-state index contributed by atoms with van der Waals surface area (Å²) in [6.45, 7) is 2.14. The van der Waals surface area contributed by atoms with Gasteiger partial charge in [-0.2, -0.15) is 4.98 Å². The number of rotatable bonds is 4. The fraction of sp³-hybridized carbons (Fsp3) is 0.478. The Morgan fingerprint density at radius 2 is 2.12 bits per heavy atom. The van der Waals surface area contributed by atoms with Crippen molar-refractivity contribution >= 4 is 28.1 Å². The van der Waals surface area contributed by atoms with E-state index in [2.05, 4.69) is 19.9 Å². The molecule has 0 aliphatic carbocycles. The summed E-state index contributed by atoms with van der Waals surface area (Å²) in [5, 5.41) is 19.8. The first-order chi connectivity index (χ1) is 16.6. The molecular weight excluding hydrogens is 441 g/mol. The number of hydrogen-bond donors (Lipinski definition) is 3. The number of anilines is 1. The highest BCUT2D eigenvalue weighted by Gasteiger charge is 2.29. The van der Waals surface area contributed by atoms with Crippen molar-refractivity contribution in [1.82, 2.24) is 29.5 Å². The van der Waals surface area contributed by atoms with Gasteiger partial charge in [-0.05, 0) is 31.4 Å². The standard InChI is InChI=1S/C23H26FN7O3/c24-16-6-14(7-17-21(16)31(12-27-17)15-2-1-5-34-10-15)19-20-22(26-11-25-20)29-23(28-19)30-4-3-13(9-32)18(33)8-30/h6-7,11-13,15,18,32-33H,1-5,8-10H2,(H,25,26,28,29)/t13-,15?,18+/m1/s1. The average molecular weight is 468 g/mol. The lowest BCUT2D eigenvalue weighted by atomic mass is 9.95. The first kappa shape index (κ1) is 21.4. The lowest BCUT2D eigenvalue weighted by Gasteiger charge is -2.35. The maximum atomic E-state index is 15.5. The molecule has 2 aliphatic rings. The number of imidazole rings is 2. The van der Waals surface area contributed by atoms with Crippen molar-refractivity contribution in [2.24, 2.45) is 5.92 Å². The Morgan fingerprint density at radius 1 is 1.21 bits per heavy atom. The van der Waals surface area contributed by atoms with Crippen molar-refractivity contribution in [2.75, 3.05) is 37.8 Å². The van der Waals surface area contributed by atoms with Gasteiger partial charge in [0.05, 0.1) is 36.9 Å². The summed E-state index contributed by atoms with van der Waals surface area (Å²) < 4.78 is 22.9. The lowest BCUT2D eigenvalue weighted by molar-refractivity contribution is 0.0544. The van der Waals surface area contributed by atoms with Crippen LogP contribution in [0.4, 0.5) is 10.3 Å². The highest BCUT2D eigenvalue weighted by molar-refractivity contribution is 5.91. The number of H-pyrrole nitrogens is 1. The molecule has 0 amide bonds. The minimum absolute atomic E-state index is 0.0559. The maximum absolute atomic E-state index is 15.5. The minimum atomic E-state index is -0.676. The molecule has 178 valence electrons. The predicted molar refractivity (Wildman–Crippen MR) is 123 cm³/mol. The number of ether oxygens (including phenoxy) is 1. The fourth-order valence-electron chi connectivity index (χ4n) is 5.02. The number of nitrogens with zero attached hydrogens (tertiary/aromatic N) is 6. The van der Waals surface area contributed by atoms with Crippen molar-refractivity contribution in [1.29, 1.82) is 0 Å². The second kappa shape index (κ2) is 8.57. The number of piperidine rings is 1. The molecule has 1 aromatic carbocycles. The molecule has 0 radical (unpaired) electrons. The van der Waals surface area contributed by atoms with Crippen LogP contribution in [0, 0.1) is 11.7 Å². The molecule has 10 nitrogen and oxygen atoms in total. The topological polar surface area (TPSA) is 125 Å². The molecule has 2 fully saturated rings. The quantitative estimate of drug-likeness (QED) is 0.416. The van der Waals surface area contributed by atoms with Crippen molar-refractivity contribution in [2.45, 2.75) is 31.4 Å². The van der Waals surface area contributed by atoms with Crippen molar-refractivity contribution in [3.05, 3.63) is 30.6 Å². The second-order valence-electron chi connectivity index (χ2n) is 9.07. The van der Waals surface area contributed by atoms with Crippen LogP contribution >= 0.6 is 0 Å². The van der Waals surface area contributed by atoms with Gasteiger partial charge >= 0.3 is 0 Å². The molecule has 3 N–H and O–H groups in total. The van der Waals surface area contributed by atoms with E-state index in [0.717, 1.165) is 19.4 Å². The Balaban J connectivity index is 1.41. The maximum Gasteiger partial charge on any atom is 0.228 e. The Hall–Kier alpha value is -3.15. The number of fused-ring (bicyclic) bond motifs is 2. The molecular formula is C23H26FN7O3. The van der Waals surface area contributed by atoms with E-state index in [1.54, 1.807) is 6.33 Å². The SMILES string of the molecule is OC[C@H]1CCN(c2nc(-c3cc(F)c4c(c3)ncn4C3CCCOC3)c3nc[nH]c3n2)C[C@@H]1O. The van der Waals surface area contributed by atoms with Crippen LogP contribution in [0.5, 0.6) is 0 Å². The summed E-state index contributed by atoms with van der Waals surface area (Å²) in [7, 11) is 0. The Kier molecular flexibility index (Phi) is 5.39. The van der Waals surface area contributed by atoms with Crippen LogP contribution in [-0.2, 0) is 4.74 Å². The summed E-state index contributed by atoms with van der Waals surface area (Å²) in [5.74, 6) is -0.112. The number of hydrogen-bond acceptors (Lipinski definition) is 8. The van der Waals surface area contributed by atoms with E-state index in [1.807, 2.05) is 15.5 Å². The minimum Gasteiger partial charge on any atom is -0.396 e. The number of β-amino-alcohol motifs (C(OH)–C–C–N with tert-alkyl or cyclic N) is 1. The van der Waals surface area contributed by atoms with Gasteiger partial charge < -0.3 is 29.4 Å². The zero-order chi connectivity index (χ0) is 23.2. The van der Waals surface area contributed by atoms with Gasteiger partial charge in [-0.1, -0.05) is 0 Å². The Labute approximate surface area is 194 Å². The first-order valence-electron chi connectivity index (χ1n) is 11.6. The van der Waals surface area contributed by atoms with Gasteiger partial charge in [-0.15, -0.1) is 0 Å². The molecule has 0 saturated carbocycles. The summed E-state index contributed by atoms with van der Waals surface area (Å²) in [4.78, 5) is 23.1. The molecule has 6 rings (SSSR count). The fourth-order valence-corrected chi connectivity index (χ4v) is 5.02. The van der Waals surface area contributed by atoms with Crippen LogP contribution in [0.25, 0.3) is 33.5 Å². The smallest absolute Gasteiger partial charge is 0.228 e. The van der Waals surface area contributed by atoms with E-state index in [4.69, 9.17) is 9.72 Å².